The van der Waals surface area contributed by atoms with Gasteiger partial charge in [-0.3, -0.25) is 4.79 Å². The molecule has 0 aliphatic heterocycles. The lowest BCUT2D eigenvalue weighted by atomic mass is 9.12. The quantitative estimate of drug-likeness (QED) is 0.0714. The van der Waals surface area contributed by atoms with Crippen LogP contribution in [-0.2, 0) is 62.6 Å². The van der Waals surface area contributed by atoms with E-state index in [0.29, 0.717) is 12.1 Å². The minimum Gasteiger partial charge on any atom is -0.392 e. The van der Waals surface area contributed by atoms with Crippen molar-refractivity contribution in [1.82, 2.24) is 0 Å². The summed E-state index contributed by atoms with van der Waals surface area (Å²) in [5, 5.41) is 8.91. The highest BCUT2D eigenvalue weighted by Crippen LogP contribution is 2.41. The van der Waals surface area contributed by atoms with Crippen LogP contribution in [0.15, 0.2) is 128 Å². The van der Waals surface area contributed by atoms with Crippen molar-refractivity contribution in [3.63, 3.8) is 0 Å². The molecular weight excluding hydrogens is 1070 g/mol. The lowest BCUT2D eigenvalue weighted by Gasteiger charge is -2.46. The third kappa shape index (κ3) is 13.5. The van der Waals surface area contributed by atoms with Gasteiger partial charge in [0, 0.05) is 17.7 Å². The van der Waals surface area contributed by atoms with Gasteiger partial charge in [0.25, 0.3) is 0 Å². The van der Waals surface area contributed by atoms with Crippen LogP contribution in [0.5, 0.6) is 0 Å². The molecule has 0 spiro atoms. The van der Waals surface area contributed by atoms with Gasteiger partial charge in [-0.15, -0.1) is 0 Å². The van der Waals surface area contributed by atoms with Crippen LogP contribution in [0.4, 0.5) is 105 Å². The van der Waals surface area contributed by atoms with Crippen LogP contribution in [-0.4, -0.2) is 17.0 Å². The Balaban J connectivity index is 0.000000500. The van der Waals surface area contributed by atoms with Crippen molar-refractivity contribution < 1.29 is 120 Å². The summed E-state index contributed by atoms with van der Waals surface area (Å²) in [6.45, 7) is 0.337. The fourth-order valence-electron chi connectivity index (χ4n) is 7.65. The first-order valence-electron chi connectivity index (χ1n) is 20.1. The van der Waals surface area contributed by atoms with Crippen molar-refractivity contribution in [1.29, 1.82) is 0 Å². The van der Waals surface area contributed by atoms with Gasteiger partial charge in [-0.05, 0) is 29.8 Å². The minimum atomic E-state index is -6.13. The van der Waals surface area contributed by atoms with Gasteiger partial charge >= 0.3 is 49.4 Å². The van der Waals surface area contributed by atoms with Crippen molar-refractivity contribution in [3.05, 3.63) is 183 Å². The zero-order valence-electron chi connectivity index (χ0n) is 36.0. The van der Waals surface area contributed by atoms with Crippen molar-refractivity contribution in [2.45, 2.75) is 62.6 Å². The monoisotopic (exact) mass is 1090 g/mol. The molecule has 1 N–H and O–H groups in total. The maximum absolute atomic E-state index is 14.2. The van der Waals surface area contributed by atoms with E-state index >= 15 is 0 Å². The summed E-state index contributed by atoms with van der Waals surface area (Å²) in [5.41, 5.74) is -28.6. The molecule has 0 bridgehead atoms. The van der Waals surface area contributed by atoms with Crippen LogP contribution in [0.1, 0.15) is 60.4 Å². The molecule has 0 saturated carbocycles. The third-order valence-corrected chi connectivity index (χ3v) is 11.0. The highest BCUT2D eigenvalue weighted by atomic mass is 19.4. The maximum atomic E-state index is 14.2. The van der Waals surface area contributed by atoms with Crippen LogP contribution >= 0.6 is 0 Å². The number of aliphatic hydroxyl groups excluding tert-OH is 1. The molecule has 1 heterocycles. The number of nitrogens with zero attached hydrogens (tertiary/aromatic N) is 1. The van der Waals surface area contributed by atoms with E-state index in [1.165, 1.54) is 0 Å². The maximum Gasteiger partial charge on any atom is 0.416 e. The molecule has 1 aromatic heterocycles. The number of pyridine rings is 1. The molecule has 398 valence electrons. The van der Waals surface area contributed by atoms with Crippen molar-refractivity contribution in [2.75, 3.05) is 0 Å². The Morgan fingerprint density at radius 1 is 0.365 bits per heavy atom. The highest BCUT2D eigenvalue weighted by Gasteiger charge is 2.47. The number of hydrogen-bond acceptors (Lipinski definition) is 2. The molecule has 0 radical (unpaired) electrons. The molecule has 3 nitrogen and oxygen atoms in total. The van der Waals surface area contributed by atoms with Gasteiger partial charge in [0.05, 0.1) is 51.1 Å². The molecule has 0 fully saturated rings. The Morgan fingerprint density at radius 2 is 0.595 bits per heavy atom. The number of aromatic nitrogens is 1. The van der Waals surface area contributed by atoms with E-state index in [1.807, 2.05) is 30.3 Å². The number of halogens is 24. The molecule has 0 aliphatic carbocycles. The Bertz CT molecular complexity index is 2530. The van der Waals surface area contributed by atoms with Crippen molar-refractivity contribution in [2.24, 2.45) is 0 Å². The summed E-state index contributed by atoms with van der Waals surface area (Å²) in [6, 6.07) is 4.02. The van der Waals surface area contributed by atoms with Gasteiger partial charge in [0.15, 0.2) is 12.4 Å². The van der Waals surface area contributed by atoms with Gasteiger partial charge < -0.3 is 5.11 Å². The molecule has 0 amide bonds. The topological polar surface area (TPSA) is 41.2 Å². The first kappa shape index (κ1) is 58.2. The average Bonchev–Trinajstić information content (AvgIpc) is 3.27. The molecule has 0 unspecified atom stereocenters. The summed E-state index contributed by atoms with van der Waals surface area (Å²) >= 11 is 0. The Labute approximate surface area is 399 Å². The van der Waals surface area contributed by atoms with E-state index in [-0.39, 0.29) is 12.4 Å². The Kier molecular flexibility index (Phi) is 15.9. The van der Waals surface area contributed by atoms with E-state index in [2.05, 4.69) is 0 Å². The number of ketones is 1. The zero-order valence-corrected chi connectivity index (χ0v) is 36.0. The number of carbonyl (C=O) groups is 1. The number of Topliss-reactive ketones (excluding diaryl/α,β-unsaturated/α-hetero) is 1. The number of alkyl halides is 24. The number of rotatable bonds is 8. The van der Waals surface area contributed by atoms with Crippen LogP contribution in [0.2, 0.25) is 0 Å². The Morgan fingerprint density at radius 3 is 0.797 bits per heavy atom. The number of benzene rings is 5. The Hall–Kier alpha value is -6.74. The largest absolute Gasteiger partial charge is 0.416 e. The lowest BCUT2D eigenvalue weighted by Crippen LogP contribution is -2.75. The summed E-state index contributed by atoms with van der Waals surface area (Å²) in [6.07, 6.45) is -51.2. The molecule has 6 aromatic rings. The normalized spacial score (nSPS) is 13.4. The molecule has 5 aromatic carbocycles. The van der Waals surface area contributed by atoms with E-state index in [4.69, 9.17) is 5.11 Å². The summed E-state index contributed by atoms with van der Waals surface area (Å²) in [5.74, 6) is 0.0762. The smallest absolute Gasteiger partial charge is 0.392 e. The number of aliphatic hydroxyl groups is 1. The van der Waals surface area contributed by atoms with E-state index < -0.39 is 195 Å². The van der Waals surface area contributed by atoms with Gasteiger partial charge in [0.2, 0.25) is 12.3 Å². The number of hydrogen-bond donors (Lipinski definition) is 1. The van der Waals surface area contributed by atoms with Crippen LogP contribution in [0, 0.1) is 0 Å². The van der Waals surface area contributed by atoms with Crippen molar-refractivity contribution in [3.8, 4) is 0 Å². The molecule has 74 heavy (non-hydrogen) atoms. The van der Waals surface area contributed by atoms with Gasteiger partial charge in [-0.25, -0.2) is 0 Å². The molecule has 0 atom stereocenters. The molecular formula is C46H26BF24NO2. The predicted molar refractivity (Wildman–Crippen MR) is 213 cm³/mol. The minimum absolute atomic E-state index is 0.0213. The third-order valence-electron chi connectivity index (χ3n) is 11.0. The second kappa shape index (κ2) is 20.2. The molecule has 0 saturated heterocycles. The first-order valence-corrected chi connectivity index (χ1v) is 20.1. The van der Waals surface area contributed by atoms with Crippen LogP contribution in [0.25, 0.3) is 0 Å². The van der Waals surface area contributed by atoms with E-state index in [0.717, 1.165) is 5.56 Å². The van der Waals surface area contributed by atoms with E-state index in [9.17, 15) is 110 Å². The van der Waals surface area contributed by atoms with Gasteiger partial charge in [-0.2, -0.15) is 132 Å². The lowest BCUT2D eigenvalue weighted by molar-refractivity contribution is -0.683. The van der Waals surface area contributed by atoms with Gasteiger partial charge in [0.1, 0.15) is 6.15 Å². The fourth-order valence-corrected chi connectivity index (χ4v) is 7.65. The van der Waals surface area contributed by atoms with Crippen molar-refractivity contribution >= 4 is 33.8 Å². The van der Waals surface area contributed by atoms with Crippen LogP contribution in [0.3, 0.4) is 0 Å². The van der Waals surface area contributed by atoms with Gasteiger partial charge in [-0.1, -0.05) is 78.9 Å². The van der Waals surface area contributed by atoms with E-state index in [1.54, 1.807) is 29.1 Å². The zero-order chi connectivity index (χ0) is 56.0. The predicted octanol–water partition coefficient (Wildman–Crippen LogP) is 12.6. The second-order valence-electron chi connectivity index (χ2n) is 16.0. The molecule has 0 aliphatic rings. The van der Waals surface area contributed by atoms with Crippen LogP contribution < -0.4 is 26.4 Å². The summed E-state index contributed by atoms with van der Waals surface area (Å²) in [4.78, 5) is 11.9. The highest BCUT2D eigenvalue weighted by molar-refractivity contribution is 7.20. The second-order valence-corrected chi connectivity index (χ2v) is 16.0. The summed E-state index contributed by atoms with van der Waals surface area (Å²) < 4.78 is 343. The molecule has 6 rings (SSSR count). The SMILES string of the molecule is FC(F)(F)c1cc([B-](c2cc(C(F)(F)F)cc(C(F)(F)F)c2)(c2cc(C(F)(F)F)cc(C(F)(F)F)c2)c2cc(C(F)(F)F)cc(C(F)(F)F)c2)cc(C(F)(F)F)c1.O=C(C[n+]1ccc(CO)cc1)c1ccccc1. The first-order chi connectivity index (χ1) is 33.6. The molecule has 28 heteroatoms. The number of carbonyl (C=O) groups excluding carboxylic acids is 1. The fraction of sp³-hybridized carbons (Fsp3) is 0.217. The standard InChI is InChI=1S/C32H12BF24.C14H14NO2/c34-25(35,36)13-1-14(26(37,38)39)6-21(5-13)33(22-7-15(27(40,41)42)2-16(8-22)28(43,44)45,23-9-17(29(46,47)48)3-18(10-23)30(49,50)51)24-11-19(31(52,53)54)4-20(12-24)32(55,56)57;16-11-12-6-8-15(9-7-12)10-14(17)13-4-2-1-3-5-13/h1-12H;1-9,16H,10-11H2/q-1;+1. The summed E-state index contributed by atoms with van der Waals surface area (Å²) in [7, 11) is 0. The average molecular weight is 1090 g/mol.